The molecule has 7 nitrogen and oxygen atoms in total. The van der Waals surface area contributed by atoms with Crippen molar-refractivity contribution in [2.24, 2.45) is 5.92 Å². The second-order valence-electron chi connectivity index (χ2n) is 8.28. The van der Waals surface area contributed by atoms with Gasteiger partial charge in [-0.1, -0.05) is 54.9 Å². The zero-order chi connectivity index (χ0) is 22.7. The second kappa shape index (κ2) is 9.61. The predicted octanol–water partition coefficient (Wildman–Crippen LogP) is 5.38. The first-order valence-electron chi connectivity index (χ1n) is 10.8. The van der Waals surface area contributed by atoms with E-state index in [-0.39, 0.29) is 11.8 Å². The Labute approximate surface area is 192 Å². The molecule has 0 unspecified atom stereocenters. The van der Waals surface area contributed by atoms with E-state index in [0.717, 1.165) is 5.56 Å². The first-order chi connectivity index (χ1) is 15.4. The van der Waals surface area contributed by atoms with E-state index in [4.69, 9.17) is 20.9 Å². The van der Waals surface area contributed by atoms with Gasteiger partial charge in [0.05, 0.1) is 12.1 Å². The average molecular weight is 455 g/mol. The molecule has 0 bridgehead atoms. The molecule has 168 valence electrons. The molecule has 1 saturated heterocycles. The summed E-state index contributed by atoms with van der Waals surface area (Å²) in [7, 11) is 1.56. The van der Waals surface area contributed by atoms with E-state index in [9.17, 15) is 4.79 Å². The normalized spacial score (nSPS) is 14.6. The van der Waals surface area contributed by atoms with Gasteiger partial charge in [0, 0.05) is 30.3 Å². The monoisotopic (exact) mass is 454 g/mol. The number of methoxy groups -OCH3 is 1. The van der Waals surface area contributed by atoms with Gasteiger partial charge in [0.15, 0.2) is 0 Å². The molecule has 32 heavy (non-hydrogen) atoms. The zero-order valence-electron chi connectivity index (χ0n) is 18.5. The van der Waals surface area contributed by atoms with Crippen molar-refractivity contribution in [1.29, 1.82) is 0 Å². The lowest BCUT2D eigenvalue weighted by Crippen LogP contribution is -2.38. The van der Waals surface area contributed by atoms with E-state index in [2.05, 4.69) is 41.4 Å². The number of nitrogens with zero attached hydrogens (tertiary/aromatic N) is 3. The molecule has 2 aromatic carbocycles. The summed E-state index contributed by atoms with van der Waals surface area (Å²) in [4.78, 5) is 19.3. The summed E-state index contributed by atoms with van der Waals surface area (Å²) in [5, 5.41) is 7.55. The average Bonchev–Trinajstić information content (AvgIpc) is 3.30. The minimum atomic E-state index is -0.0851. The van der Waals surface area contributed by atoms with Gasteiger partial charge >= 0.3 is 6.01 Å². The maximum absolute atomic E-state index is 12.7. The standard InChI is InChI=1S/C24H27ClN4O3/c1-15(2)16-4-6-17(7-5-16)22-27-24(32-28-22)29-12-10-18(11-13-29)23(30)26-19-8-9-21(31-3)20(25)14-19/h4-9,14-15,18H,10-13H2,1-3H3,(H,26,30). The summed E-state index contributed by atoms with van der Waals surface area (Å²) in [5.41, 5.74) is 2.86. The number of nitrogens with one attached hydrogen (secondary N) is 1. The van der Waals surface area contributed by atoms with E-state index in [0.29, 0.717) is 60.1 Å². The molecule has 4 rings (SSSR count). The van der Waals surface area contributed by atoms with Gasteiger partial charge in [0.25, 0.3) is 0 Å². The van der Waals surface area contributed by atoms with Gasteiger partial charge in [-0.25, -0.2) is 0 Å². The van der Waals surface area contributed by atoms with Gasteiger partial charge in [-0.3, -0.25) is 4.79 Å². The smallest absolute Gasteiger partial charge is 0.324 e. The molecule has 0 atom stereocenters. The summed E-state index contributed by atoms with van der Waals surface area (Å²) in [6.45, 7) is 5.68. The number of piperidine rings is 1. The van der Waals surface area contributed by atoms with Crippen LogP contribution in [0.15, 0.2) is 47.0 Å². The van der Waals surface area contributed by atoms with Gasteiger partial charge in [0.2, 0.25) is 11.7 Å². The topological polar surface area (TPSA) is 80.5 Å². The van der Waals surface area contributed by atoms with Crippen molar-refractivity contribution in [2.75, 3.05) is 30.4 Å². The van der Waals surface area contributed by atoms with Crippen molar-refractivity contribution in [1.82, 2.24) is 10.1 Å². The van der Waals surface area contributed by atoms with E-state index in [1.165, 1.54) is 5.56 Å². The number of anilines is 2. The van der Waals surface area contributed by atoms with Gasteiger partial charge in [-0.2, -0.15) is 4.98 Å². The fourth-order valence-corrected chi connectivity index (χ4v) is 4.06. The van der Waals surface area contributed by atoms with E-state index in [1.807, 2.05) is 17.0 Å². The van der Waals surface area contributed by atoms with Gasteiger partial charge in [0.1, 0.15) is 5.75 Å². The Morgan fingerprint density at radius 2 is 1.91 bits per heavy atom. The van der Waals surface area contributed by atoms with Crippen LogP contribution in [-0.2, 0) is 4.79 Å². The lowest BCUT2D eigenvalue weighted by atomic mass is 9.96. The molecule has 1 aliphatic rings. The van der Waals surface area contributed by atoms with Crippen molar-refractivity contribution in [3.63, 3.8) is 0 Å². The summed E-state index contributed by atoms with van der Waals surface area (Å²) < 4.78 is 10.6. The highest BCUT2D eigenvalue weighted by Crippen LogP contribution is 2.29. The maximum Gasteiger partial charge on any atom is 0.324 e. The van der Waals surface area contributed by atoms with Crippen LogP contribution in [-0.4, -0.2) is 36.2 Å². The van der Waals surface area contributed by atoms with Crippen LogP contribution < -0.4 is 15.0 Å². The lowest BCUT2D eigenvalue weighted by Gasteiger charge is -2.29. The Morgan fingerprint density at radius 1 is 1.19 bits per heavy atom. The molecule has 1 aromatic heterocycles. The molecular formula is C24H27ClN4O3. The number of carbonyl (C=O) groups is 1. The lowest BCUT2D eigenvalue weighted by molar-refractivity contribution is -0.120. The molecule has 0 aliphatic carbocycles. The summed E-state index contributed by atoms with van der Waals surface area (Å²) >= 11 is 6.15. The van der Waals surface area contributed by atoms with Crippen LogP contribution in [0.3, 0.4) is 0 Å². The fourth-order valence-electron chi connectivity index (χ4n) is 3.80. The van der Waals surface area contributed by atoms with Crippen LogP contribution in [0, 0.1) is 5.92 Å². The van der Waals surface area contributed by atoms with Crippen LogP contribution in [0.5, 0.6) is 5.75 Å². The van der Waals surface area contributed by atoms with Crippen molar-refractivity contribution in [3.8, 4) is 17.1 Å². The third-order valence-electron chi connectivity index (χ3n) is 5.81. The third kappa shape index (κ3) is 4.88. The highest BCUT2D eigenvalue weighted by Gasteiger charge is 2.28. The largest absolute Gasteiger partial charge is 0.495 e. The number of rotatable bonds is 6. The molecule has 1 aliphatic heterocycles. The molecule has 1 amide bonds. The molecule has 2 heterocycles. The number of aromatic nitrogens is 2. The second-order valence-corrected chi connectivity index (χ2v) is 8.68. The molecule has 1 fully saturated rings. The molecule has 3 aromatic rings. The predicted molar refractivity (Wildman–Crippen MR) is 125 cm³/mol. The van der Waals surface area contributed by atoms with Crippen LogP contribution in [0.1, 0.15) is 38.2 Å². The van der Waals surface area contributed by atoms with Crippen molar-refractivity contribution in [3.05, 3.63) is 53.1 Å². The van der Waals surface area contributed by atoms with E-state index >= 15 is 0 Å². The molecule has 0 radical (unpaired) electrons. The molecule has 1 N–H and O–H groups in total. The van der Waals surface area contributed by atoms with Gasteiger partial charge in [-0.15, -0.1) is 0 Å². The molecule has 8 heteroatoms. The first-order valence-corrected chi connectivity index (χ1v) is 11.2. The van der Waals surface area contributed by atoms with E-state index < -0.39 is 0 Å². The van der Waals surface area contributed by atoms with Crippen LogP contribution in [0.2, 0.25) is 5.02 Å². The minimum Gasteiger partial charge on any atom is -0.495 e. The number of benzene rings is 2. The Balaban J connectivity index is 1.33. The van der Waals surface area contributed by atoms with Crippen molar-refractivity contribution in [2.45, 2.75) is 32.6 Å². The van der Waals surface area contributed by atoms with Gasteiger partial charge in [-0.05, 0) is 42.5 Å². The SMILES string of the molecule is COc1ccc(NC(=O)C2CCN(c3nc(-c4ccc(C(C)C)cc4)no3)CC2)cc1Cl. The number of amides is 1. The van der Waals surface area contributed by atoms with E-state index in [1.54, 1.807) is 25.3 Å². The summed E-state index contributed by atoms with van der Waals surface area (Å²) in [6, 6.07) is 13.9. The number of halogens is 1. The molecular weight excluding hydrogens is 428 g/mol. The van der Waals surface area contributed by atoms with Crippen LogP contribution in [0.25, 0.3) is 11.4 Å². The summed E-state index contributed by atoms with van der Waals surface area (Å²) in [5.74, 6) is 1.53. The first kappa shape index (κ1) is 22.1. The fraction of sp³-hybridized carbons (Fsp3) is 0.375. The quantitative estimate of drug-likeness (QED) is 0.538. The number of ether oxygens (including phenoxy) is 1. The molecule has 0 spiro atoms. The Bertz CT molecular complexity index is 1070. The Hall–Kier alpha value is -3.06. The Kier molecular flexibility index (Phi) is 6.65. The van der Waals surface area contributed by atoms with Crippen molar-refractivity contribution >= 4 is 29.2 Å². The van der Waals surface area contributed by atoms with Gasteiger partial charge < -0.3 is 19.5 Å². The van der Waals surface area contributed by atoms with Crippen molar-refractivity contribution < 1.29 is 14.1 Å². The Morgan fingerprint density at radius 3 is 2.53 bits per heavy atom. The number of hydrogen-bond acceptors (Lipinski definition) is 6. The zero-order valence-corrected chi connectivity index (χ0v) is 19.2. The van der Waals surface area contributed by atoms with Crippen LogP contribution in [0.4, 0.5) is 11.7 Å². The number of hydrogen-bond donors (Lipinski definition) is 1. The highest BCUT2D eigenvalue weighted by atomic mass is 35.5. The molecule has 0 saturated carbocycles. The third-order valence-corrected chi connectivity index (χ3v) is 6.10. The minimum absolute atomic E-state index is 0.0117. The number of carbonyl (C=O) groups excluding carboxylic acids is 1. The highest BCUT2D eigenvalue weighted by molar-refractivity contribution is 6.32. The summed E-state index contributed by atoms with van der Waals surface area (Å²) in [6.07, 6.45) is 1.41. The van der Waals surface area contributed by atoms with Crippen LogP contribution >= 0.6 is 11.6 Å². The maximum atomic E-state index is 12.7.